The van der Waals surface area contributed by atoms with Gasteiger partial charge in [0.25, 0.3) is 0 Å². The first kappa shape index (κ1) is 15.9. The second kappa shape index (κ2) is 6.56. The number of rotatable bonds is 4. The summed E-state index contributed by atoms with van der Waals surface area (Å²) in [6.07, 6.45) is 1.71. The van der Waals surface area contributed by atoms with Crippen molar-refractivity contribution in [1.29, 1.82) is 0 Å². The second-order valence-corrected chi connectivity index (χ2v) is 5.98. The van der Waals surface area contributed by atoms with Crippen LogP contribution in [0.3, 0.4) is 0 Å². The van der Waals surface area contributed by atoms with Crippen LogP contribution < -0.4 is 11.5 Å². The van der Waals surface area contributed by atoms with E-state index in [2.05, 4.69) is 0 Å². The molecular formula is C16H25N3O2. The van der Waals surface area contributed by atoms with Crippen LogP contribution in [0.15, 0.2) is 24.3 Å². The van der Waals surface area contributed by atoms with Gasteiger partial charge in [-0.15, -0.1) is 0 Å². The average molecular weight is 291 g/mol. The van der Waals surface area contributed by atoms with Crippen molar-refractivity contribution in [2.45, 2.75) is 37.8 Å². The van der Waals surface area contributed by atoms with Crippen LogP contribution in [0.1, 0.15) is 36.4 Å². The van der Waals surface area contributed by atoms with Crippen molar-refractivity contribution in [2.24, 2.45) is 11.5 Å². The number of amides is 1. The summed E-state index contributed by atoms with van der Waals surface area (Å²) < 4.78 is 0. The molecule has 1 aromatic rings. The van der Waals surface area contributed by atoms with Crippen molar-refractivity contribution >= 4 is 5.91 Å². The fourth-order valence-electron chi connectivity index (χ4n) is 2.78. The monoisotopic (exact) mass is 291 g/mol. The molecule has 5 N–H and O–H groups in total. The van der Waals surface area contributed by atoms with Crippen LogP contribution >= 0.6 is 0 Å². The Morgan fingerprint density at radius 2 is 1.90 bits per heavy atom. The Balaban J connectivity index is 1.97. The largest absolute Gasteiger partial charge is 0.390 e. The predicted molar refractivity (Wildman–Crippen MR) is 82.5 cm³/mol. The molecule has 21 heavy (non-hydrogen) atoms. The van der Waals surface area contributed by atoms with Gasteiger partial charge in [0, 0.05) is 13.1 Å². The number of nitrogens with zero attached hydrogens (tertiary/aromatic N) is 1. The van der Waals surface area contributed by atoms with Crippen LogP contribution in [0.2, 0.25) is 0 Å². The number of likely N-dealkylation sites (tertiary alicyclic amines) is 1. The van der Waals surface area contributed by atoms with Gasteiger partial charge in [-0.25, -0.2) is 0 Å². The van der Waals surface area contributed by atoms with Crippen LogP contribution in [-0.2, 0) is 4.79 Å². The average Bonchev–Trinajstić information content (AvgIpc) is 2.47. The Morgan fingerprint density at radius 1 is 1.33 bits per heavy atom. The summed E-state index contributed by atoms with van der Waals surface area (Å²) in [7, 11) is 0. The molecule has 0 spiro atoms. The molecule has 5 heteroatoms. The third-order valence-corrected chi connectivity index (χ3v) is 4.32. The van der Waals surface area contributed by atoms with Crippen LogP contribution in [0.25, 0.3) is 0 Å². The van der Waals surface area contributed by atoms with Gasteiger partial charge in [0.2, 0.25) is 5.91 Å². The van der Waals surface area contributed by atoms with Crippen LogP contribution in [0.5, 0.6) is 0 Å². The highest BCUT2D eigenvalue weighted by atomic mass is 16.3. The van der Waals surface area contributed by atoms with Gasteiger partial charge in [0.05, 0.1) is 5.60 Å². The molecule has 0 radical (unpaired) electrons. The molecule has 0 saturated carbocycles. The minimum absolute atomic E-state index is 0.0753. The number of hydrogen-bond acceptors (Lipinski definition) is 4. The lowest BCUT2D eigenvalue weighted by atomic mass is 9.88. The Bertz CT molecular complexity index is 479. The number of nitrogens with two attached hydrogens (primary N) is 2. The van der Waals surface area contributed by atoms with Crippen molar-refractivity contribution in [3.63, 3.8) is 0 Å². The van der Waals surface area contributed by atoms with Gasteiger partial charge in [-0.3, -0.25) is 4.79 Å². The molecule has 1 unspecified atom stereocenters. The highest BCUT2D eigenvalue weighted by Crippen LogP contribution is 2.26. The summed E-state index contributed by atoms with van der Waals surface area (Å²) in [6.45, 7) is 3.54. The van der Waals surface area contributed by atoms with E-state index >= 15 is 0 Å². The molecule has 0 bridgehead atoms. The zero-order valence-electron chi connectivity index (χ0n) is 12.6. The topological polar surface area (TPSA) is 92.6 Å². The molecular weight excluding hydrogens is 266 g/mol. The van der Waals surface area contributed by atoms with E-state index in [1.54, 1.807) is 4.90 Å². The van der Waals surface area contributed by atoms with E-state index < -0.39 is 11.6 Å². The second-order valence-electron chi connectivity index (χ2n) is 5.98. The van der Waals surface area contributed by atoms with Gasteiger partial charge in [-0.05, 0) is 38.3 Å². The summed E-state index contributed by atoms with van der Waals surface area (Å²) >= 11 is 0. The third-order valence-electron chi connectivity index (χ3n) is 4.32. The highest BCUT2D eigenvalue weighted by Gasteiger charge is 2.34. The SMILES string of the molecule is Cc1ccc(C(N)C(=O)N2CCC(O)(CCN)CC2)cc1. The number of aliphatic hydroxyl groups is 1. The quantitative estimate of drug-likeness (QED) is 0.761. The first-order valence-corrected chi connectivity index (χ1v) is 7.48. The molecule has 0 aromatic heterocycles. The smallest absolute Gasteiger partial charge is 0.244 e. The molecule has 1 aromatic carbocycles. The van der Waals surface area contributed by atoms with E-state index in [4.69, 9.17) is 11.5 Å². The normalized spacial score (nSPS) is 19.3. The van der Waals surface area contributed by atoms with Crippen LogP contribution in [0, 0.1) is 6.92 Å². The minimum Gasteiger partial charge on any atom is -0.390 e. The first-order chi connectivity index (χ1) is 9.95. The maximum atomic E-state index is 12.4. The summed E-state index contributed by atoms with van der Waals surface area (Å²) in [4.78, 5) is 14.2. The Labute approximate surface area is 125 Å². The number of aryl methyl sites for hydroxylation is 1. The predicted octanol–water partition coefficient (Wildman–Crippen LogP) is 0.697. The number of carbonyl (C=O) groups is 1. The lowest BCUT2D eigenvalue weighted by molar-refractivity contribution is -0.137. The van der Waals surface area contributed by atoms with Gasteiger partial charge >= 0.3 is 0 Å². The summed E-state index contributed by atoms with van der Waals surface area (Å²) in [6, 6.07) is 7.07. The molecule has 5 nitrogen and oxygen atoms in total. The number of piperidine rings is 1. The van der Waals surface area contributed by atoms with Gasteiger partial charge < -0.3 is 21.5 Å². The summed E-state index contributed by atoms with van der Waals surface area (Å²) in [5.41, 5.74) is 12.8. The number of benzene rings is 1. The zero-order chi connectivity index (χ0) is 15.5. The van der Waals surface area contributed by atoms with Crippen molar-refractivity contribution in [3.05, 3.63) is 35.4 Å². The van der Waals surface area contributed by atoms with Crippen LogP contribution in [-0.4, -0.2) is 41.1 Å². The van der Waals surface area contributed by atoms with E-state index in [1.807, 2.05) is 31.2 Å². The van der Waals surface area contributed by atoms with Crippen molar-refractivity contribution in [3.8, 4) is 0 Å². The Hall–Kier alpha value is -1.43. The third kappa shape index (κ3) is 3.81. The van der Waals surface area contributed by atoms with Gasteiger partial charge in [-0.2, -0.15) is 0 Å². The molecule has 1 aliphatic rings. The van der Waals surface area contributed by atoms with Crippen LogP contribution in [0.4, 0.5) is 0 Å². The summed E-state index contributed by atoms with van der Waals surface area (Å²) in [5, 5.41) is 10.3. The standard InChI is InChI=1S/C16H25N3O2/c1-12-2-4-13(5-3-12)14(18)15(20)19-10-7-16(21,6-9-17)8-11-19/h2-5,14,21H,6-11,17-18H2,1H3. The summed E-state index contributed by atoms with van der Waals surface area (Å²) in [5.74, 6) is -0.0753. The fraction of sp³-hybridized carbons (Fsp3) is 0.562. The lowest BCUT2D eigenvalue weighted by Gasteiger charge is -2.39. The van der Waals surface area contributed by atoms with E-state index in [0.29, 0.717) is 38.9 Å². The highest BCUT2D eigenvalue weighted by molar-refractivity contribution is 5.83. The van der Waals surface area contributed by atoms with Crippen molar-refractivity contribution in [2.75, 3.05) is 19.6 Å². The molecule has 2 rings (SSSR count). The van der Waals surface area contributed by atoms with Crippen molar-refractivity contribution in [1.82, 2.24) is 4.90 Å². The fourth-order valence-corrected chi connectivity index (χ4v) is 2.78. The molecule has 1 amide bonds. The van der Waals surface area contributed by atoms with E-state index in [0.717, 1.165) is 11.1 Å². The number of carbonyl (C=O) groups excluding carboxylic acids is 1. The Morgan fingerprint density at radius 3 is 2.43 bits per heavy atom. The van der Waals surface area contributed by atoms with E-state index in [-0.39, 0.29) is 5.91 Å². The van der Waals surface area contributed by atoms with Gasteiger partial charge in [0.15, 0.2) is 0 Å². The molecule has 1 aliphatic heterocycles. The molecule has 1 fully saturated rings. The molecule has 0 aliphatic carbocycles. The molecule has 1 atom stereocenters. The van der Waals surface area contributed by atoms with E-state index in [9.17, 15) is 9.90 Å². The maximum Gasteiger partial charge on any atom is 0.244 e. The van der Waals surface area contributed by atoms with E-state index in [1.165, 1.54) is 0 Å². The van der Waals surface area contributed by atoms with Crippen molar-refractivity contribution < 1.29 is 9.90 Å². The molecule has 1 saturated heterocycles. The Kier molecular flexibility index (Phi) is 4.98. The number of hydrogen-bond donors (Lipinski definition) is 3. The lowest BCUT2D eigenvalue weighted by Crippen LogP contribution is -2.49. The molecule has 1 heterocycles. The minimum atomic E-state index is -0.723. The first-order valence-electron chi connectivity index (χ1n) is 7.48. The van der Waals surface area contributed by atoms with Gasteiger partial charge in [0.1, 0.15) is 6.04 Å². The maximum absolute atomic E-state index is 12.4. The zero-order valence-corrected chi connectivity index (χ0v) is 12.6. The molecule has 116 valence electrons. The van der Waals surface area contributed by atoms with Gasteiger partial charge in [-0.1, -0.05) is 29.8 Å².